The Labute approximate surface area is 171 Å². The molecule has 0 bridgehead atoms. The SMILES string of the molecule is CCC(C)C(C(=O)OC(C)C(=O)Nc1ccc(S(N)(=O)=O)cc1)c1ccccc1. The highest BCUT2D eigenvalue weighted by Gasteiger charge is 2.30. The highest BCUT2D eigenvalue weighted by molar-refractivity contribution is 7.89. The predicted octanol–water partition coefficient (Wildman–Crippen LogP) is 3.03. The Kier molecular flexibility index (Phi) is 7.53. The number of ether oxygens (including phenoxy) is 1. The maximum atomic E-state index is 12.8. The number of esters is 1. The van der Waals surface area contributed by atoms with E-state index in [1.165, 1.54) is 31.2 Å². The first-order chi connectivity index (χ1) is 13.6. The minimum absolute atomic E-state index is 0.0471. The fourth-order valence-electron chi connectivity index (χ4n) is 2.87. The van der Waals surface area contributed by atoms with Crippen LogP contribution in [0.2, 0.25) is 0 Å². The molecule has 0 saturated carbocycles. The summed E-state index contributed by atoms with van der Waals surface area (Å²) < 4.78 is 28.0. The monoisotopic (exact) mass is 418 g/mol. The van der Waals surface area contributed by atoms with Gasteiger partial charge in [-0.3, -0.25) is 9.59 Å². The second-order valence-electron chi connectivity index (χ2n) is 6.91. The van der Waals surface area contributed by atoms with Crippen LogP contribution in [0.15, 0.2) is 59.5 Å². The molecule has 0 saturated heterocycles. The van der Waals surface area contributed by atoms with E-state index in [2.05, 4.69) is 5.32 Å². The van der Waals surface area contributed by atoms with E-state index in [0.717, 1.165) is 12.0 Å². The van der Waals surface area contributed by atoms with Gasteiger partial charge in [-0.15, -0.1) is 0 Å². The second kappa shape index (κ2) is 9.67. The van der Waals surface area contributed by atoms with Crippen LogP contribution in [0.25, 0.3) is 0 Å². The molecule has 0 fully saturated rings. The number of sulfonamides is 1. The van der Waals surface area contributed by atoms with Gasteiger partial charge in [0.15, 0.2) is 6.10 Å². The molecule has 0 spiro atoms. The lowest BCUT2D eigenvalue weighted by molar-refractivity contribution is -0.155. The maximum absolute atomic E-state index is 12.8. The molecule has 7 nitrogen and oxygen atoms in total. The molecule has 3 unspecified atom stereocenters. The fourth-order valence-corrected chi connectivity index (χ4v) is 3.38. The largest absolute Gasteiger partial charge is 0.452 e. The third kappa shape index (κ3) is 6.13. The van der Waals surface area contributed by atoms with Crippen molar-refractivity contribution in [1.29, 1.82) is 0 Å². The Morgan fingerprint density at radius 2 is 1.62 bits per heavy atom. The van der Waals surface area contributed by atoms with Crippen LogP contribution in [0.1, 0.15) is 38.7 Å². The first-order valence-electron chi connectivity index (χ1n) is 9.32. The Balaban J connectivity index is 2.06. The predicted molar refractivity (Wildman–Crippen MR) is 111 cm³/mol. The van der Waals surface area contributed by atoms with Crippen LogP contribution in [0.5, 0.6) is 0 Å². The van der Waals surface area contributed by atoms with Gasteiger partial charge in [-0.05, 0) is 42.7 Å². The fraction of sp³-hybridized carbons (Fsp3) is 0.333. The first kappa shape index (κ1) is 22.6. The summed E-state index contributed by atoms with van der Waals surface area (Å²) in [5.41, 5.74) is 1.21. The molecular formula is C21H26N2O5S. The summed E-state index contributed by atoms with van der Waals surface area (Å²) in [6, 6.07) is 14.7. The van der Waals surface area contributed by atoms with Gasteiger partial charge in [0.1, 0.15) is 0 Å². The number of carbonyl (C=O) groups excluding carboxylic acids is 2. The van der Waals surface area contributed by atoms with E-state index in [1.54, 1.807) is 0 Å². The standard InChI is InChI=1S/C21H26N2O5S/c1-4-14(2)19(16-8-6-5-7-9-16)21(25)28-15(3)20(24)23-17-10-12-18(13-11-17)29(22,26)27/h5-15,19H,4H2,1-3H3,(H,23,24)(H2,22,26,27). The summed E-state index contributed by atoms with van der Waals surface area (Å²) in [7, 11) is -3.81. The Morgan fingerprint density at radius 1 is 1.03 bits per heavy atom. The van der Waals surface area contributed by atoms with E-state index in [4.69, 9.17) is 9.88 Å². The number of hydrogen-bond acceptors (Lipinski definition) is 5. The molecule has 29 heavy (non-hydrogen) atoms. The number of carbonyl (C=O) groups is 2. The van der Waals surface area contributed by atoms with Crippen LogP contribution < -0.4 is 10.5 Å². The van der Waals surface area contributed by atoms with E-state index in [-0.39, 0.29) is 10.8 Å². The second-order valence-corrected chi connectivity index (χ2v) is 8.47. The summed E-state index contributed by atoms with van der Waals surface area (Å²) in [5.74, 6) is -1.40. The van der Waals surface area contributed by atoms with Gasteiger partial charge in [-0.1, -0.05) is 50.6 Å². The van der Waals surface area contributed by atoms with Crippen molar-refractivity contribution in [2.45, 2.75) is 44.1 Å². The molecule has 0 radical (unpaired) electrons. The molecule has 1 amide bonds. The molecule has 2 aromatic carbocycles. The molecule has 0 aliphatic rings. The van der Waals surface area contributed by atoms with E-state index >= 15 is 0 Å². The van der Waals surface area contributed by atoms with E-state index in [0.29, 0.717) is 5.69 Å². The van der Waals surface area contributed by atoms with Crippen molar-refractivity contribution >= 4 is 27.6 Å². The van der Waals surface area contributed by atoms with Gasteiger partial charge in [-0.2, -0.15) is 0 Å². The molecule has 0 aliphatic carbocycles. The number of amides is 1. The molecule has 0 aromatic heterocycles. The zero-order chi connectivity index (χ0) is 21.6. The molecular weight excluding hydrogens is 392 g/mol. The van der Waals surface area contributed by atoms with Crippen molar-refractivity contribution in [2.24, 2.45) is 11.1 Å². The number of nitrogens with one attached hydrogen (secondary N) is 1. The zero-order valence-corrected chi connectivity index (χ0v) is 17.5. The van der Waals surface area contributed by atoms with Gasteiger partial charge >= 0.3 is 5.97 Å². The number of benzene rings is 2. The average Bonchev–Trinajstić information content (AvgIpc) is 2.68. The molecule has 156 valence electrons. The van der Waals surface area contributed by atoms with Crippen LogP contribution in [0, 0.1) is 5.92 Å². The van der Waals surface area contributed by atoms with Crippen LogP contribution >= 0.6 is 0 Å². The molecule has 3 N–H and O–H groups in total. The summed E-state index contributed by atoms with van der Waals surface area (Å²) in [4.78, 5) is 25.1. The van der Waals surface area contributed by atoms with Crippen molar-refractivity contribution in [1.82, 2.24) is 0 Å². The molecule has 3 atom stereocenters. The summed E-state index contributed by atoms with van der Waals surface area (Å²) in [5, 5.41) is 7.65. The van der Waals surface area contributed by atoms with Crippen molar-refractivity contribution in [3.63, 3.8) is 0 Å². The van der Waals surface area contributed by atoms with Gasteiger partial charge < -0.3 is 10.1 Å². The lowest BCUT2D eigenvalue weighted by Crippen LogP contribution is -2.33. The smallest absolute Gasteiger partial charge is 0.314 e. The van der Waals surface area contributed by atoms with Crippen molar-refractivity contribution < 1.29 is 22.7 Å². The van der Waals surface area contributed by atoms with Crippen molar-refractivity contribution in [3.8, 4) is 0 Å². The summed E-state index contributed by atoms with van der Waals surface area (Å²) in [6.45, 7) is 5.45. The summed E-state index contributed by atoms with van der Waals surface area (Å²) >= 11 is 0. The van der Waals surface area contributed by atoms with E-state index in [1.807, 2.05) is 44.2 Å². The number of hydrogen-bond donors (Lipinski definition) is 2. The van der Waals surface area contributed by atoms with Crippen molar-refractivity contribution in [2.75, 3.05) is 5.32 Å². The highest BCUT2D eigenvalue weighted by atomic mass is 32.2. The third-order valence-corrected chi connectivity index (χ3v) is 5.67. The number of rotatable bonds is 8. The maximum Gasteiger partial charge on any atom is 0.314 e. The minimum atomic E-state index is -3.81. The van der Waals surface area contributed by atoms with Gasteiger partial charge in [0.25, 0.3) is 5.91 Å². The quantitative estimate of drug-likeness (QED) is 0.639. The lowest BCUT2D eigenvalue weighted by Gasteiger charge is -2.23. The number of nitrogens with two attached hydrogens (primary N) is 1. The molecule has 2 aromatic rings. The van der Waals surface area contributed by atoms with Gasteiger partial charge in [0.05, 0.1) is 10.8 Å². The minimum Gasteiger partial charge on any atom is -0.452 e. The molecule has 0 aliphatic heterocycles. The van der Waals surface area contributed by atoms with Crippen molar-refractivity contribution in [3.05, 3.63) is 60.2 Å². The van der Waals surface area contributed by atoms with E-state index < -0.39 is 33.9 Å². The van der Waals surface area contributed by atoms with Gasteiger partial charge in [-0.25, -0.2) is 13.6 Å². The first-order valence-corrected chi connectivity index (χ1v) is 10.9. The highest BCUT2D eigenvalue weighted by Crippen LogP contribution is 2.28. The zero-order valence-electron chi connectivity index (χ0n) is 16.7. The Hall–Kier alpha value is -2.71. The van der Waals surface area contributed by atoms with Gasteiger partial charge in [0.2, 0.25) is 10.0 Å². The Morgan fingerprint density at radius 3 is 2.14 bits per heavy atom. The van der Waals surface area contributed by atoms with Crippen LogP contribution in [-0.4, -0.2) is 26.4 Å². The number of anilines is 1. The van der Waals surface area contributed by atoms with E-state index in [9.17, 15) is 18.0 Å². The topological polar surface area (TPSA) is 116 Å². The molecule has 0 heterocycles. The number of primary sulfonamides is 1. The van der Waals surface area contributed by atoms with Crippen LogP contribution in [-0.2, 0) is 24.3 Å². The molecule has 2 rings (SSSR count). The Bertz CT molecular complexity index is 943. The summed E-state index contributed by atoms with van der Waals surface area (Å²) in [6.07, 6.45) is -0.235. The average molecular weight is 419 g/mol. The lowest BCUT2D eigenvalue weighted by atomic mass is 9.85. The van der Waals surface area contributed by atoms with Crippen LogP contribution in [0.4, 0.5) is 5.69 Å². The van der Waals surface area contributed by atoms with Gasteiger partial charge in [0, 0.05) is 5.69 Å². The molecule has 8 heteroatoms. The van der Waals surface area contributed by atoms with Crippen LogP contribution in [0.3, 0.4) is 0 Å². The third-order valence-electron chi connectivity index (χ3n) is 4.74. The normalized spacial score (nSPS) is 14.5.